The van der Waals surface area contributed by atoms with Gasteiger partial charge >= 0.3 is 6.18 Å². The number of fused-ring (bicyclic) bond motifs is 1. The predicted octanol–water partition coefficient (Wildman–Crippen LogP) is 4.73. The van der Waals surface area contributed by atoms with Gasteiger partial charge in [-0.25, -0.2) is 9.67 Å². The summed E-state index contributed by atoms with van der Waals surface area (Å²) in [5.41, 5.74) is 0.412. The third-order valence-corrected chi connectivity index (χ3v) is 5.11. The van der Waals surface area contributed by atoms with E-state index < -0.39 is 17.6 Å². The first-order valence-electron chi connectivity index (χ1n) is 9.89. The number of halogens is 3. The molecule has 4 rings (SSSR count). The highest BCUT2D eigenvalue weighted by atomic mass is 19.4. The van der Waals surface area contributed by atoms with E-state index in [-0.39, 0.29) is 24.0 Å². The van der Waals surface area contributed by atoms with E-state index in [4.69, 9.17) is 0 Å². The summed E-state index contributed by atoms with van der Waals surface area (Å²) in [6, 6.07) is 16.9. The van der Waals surface area contributed by atoms with Gasteiger partial charge in [-0.1, -0.05) is 36.4 Å². The molecule has 0 saturated carbocycles. The minimum Gasteiger partial charge on any atom is -0.323 e. The molecule has 0 saturated heterocycles. The molecule has 6 nitrogen and oxygen atoms in total. The lowest BCUT2D eigenvalue weighted by Crippen LogP contribution is -2.30. The van der Waals surface area contributed by atoms with E-state index in [0.29, 0.717) is 0 Å². The van der Waals surface area contributed by atoms with Gasteiger partial charge in [0, 0.05) is 6.04 Å². The normalized spacial score (nSPS) is 12.6. The second-order valence-corrected chi connectivity index (χ2v) is 7.33. The van der Waals surface area contributed by atoms with E-state index >= 15 is 0 Å². The molecule has 4 aromatic rings. The molecule has 1 atom stereocenters. The molecule has 3 aromatic carbocycles. The summed E-state index contributed by atoms with van der Waals surface area (Å²) in [5, 5.41) is 11.8. The molecule has 0 bridgehead atoms. The summed E-state index contributed by atoms with van der Waals surface area (Å²) in [5.74, 6) is -0.474. The van der Waals surface area contributed by atoms with Crippen molar-refractivity contribution in [1.82, 2.24) is 20.1 Å². The predicted molar refractivity (Wildman–Crippen MR) is 115 cm³/mol. The second-order valence-electron chi connectivity index (χ2n) is 7.33. The number of hydrogen-bond acceptors (Lipinski definition) is 4. The van der Waals surface area contributed by atoms with Gasteiger partial charge in [-0.3, -0.25) is 4.79 Å². The number of carbonyl (C=O) groups is 1. The lowest BCUT2D eigenvalue weighted by atomic mass is 10.0. The lowest BCUT2D eigenvalue weighted by Gasteiger charge is -2.17. The molecule has 0 spiro atoms. The Morgan fingerprint density at radius 2 is 1.84 bits per heavy atom. The zero-order valence-electron chi connectivity index (χ0n) is 17.1. The topological polar surface area (TPSA) is 71.8 Å². The van der Waals surface area contributed by atoms with E-state index in [1.807, 2.05) is 49.4 Å². The number of nitrogens with one attached hydrogen (secondary N) is 2. The fourth-order valence-electron chi connectivity index (χ4n) is 3.38. The van der Waals surface area contributed by atoms with Crippen molar-refractivity contribution in [2.24, 2.45) is 0 Å². The van der Waals surface area contributed by atoms with Crippen molar-refractivity contribution in [3.63, 3.8) is 0 Å². The molecule has 0 unspecified atom stereocenters. The monoisotopic (exact) mass is 439 g/mol. The number of nitrogens with zero attached hydrogens (tertiary/aromatic N) is 3. The van der Waals surface area contributed by atoms with E-state index in [2.05, 4.69) is 20.7 Å². The lowest BCUT2D eigenvalue weighted by molar-refractivity contribution is -0.137. The van der Waals surface area contributed by atoms with Gasteiger partial charge in [0.2, 0.25) is 5.91 Å². The maximum atomic E-state index is 13.2. The number of rotatable bonds is 6. The van der Waals surface area contributed by atoms with Crippen molar-refractivity contribution in [2.45, 2.75) is 19.1 Å². The molecule has 164 valence electrons. The molecule has 0 aliphatic rings. The Hall–Kier alpha value is -3.72. The van der Waals surface area contributed by atoms with Crippen LogP contribution in [-0.2, 0) is 11.0 Å². The van der Waals surface area contributed by atoms with Gasteiger partial charge < -0.3 is 10.6 Å². The zero-order valence-corrected chi connectivity index (χ0v) is 17.1. The maximum absolute atomic E-state index is 13.2. The van der Waals surface area contributed by atoms with Crippen LogP contribution >= 0.6 is 0 Å². The molecule has 9 heteroatoms. The highest BCUT2D eigenvalue weighted by Crippen LogP contribution is 2.33. The number of hydrogen-bond donors (Lipinski definition) is 2. The number of aromatic nitrogens is 3. The van der Waals surface area contributed by atoms with Crippen LogP contribution < -0.4 is 10.6 Å². The molecule has 2 N–H and O–H groups in total. The van der Waals surface area contributed by atoms with Gasteiger partial charge in [-0.2, -0.15) is 18.3 Å². The molecule has 0 fully saturated rings. The van der Waals surface area contributed by atoms with Gasteiger partial charge in [0.15, 0.2) is 0 Å². The van der Waals surface area contributed by atoms with Crippen LogP contribution in [-0.4, -0.2) is 27.2 Å². The van der Waals surface area contributed by atoms with E-state index in [9.17, 15) is 18.0 Å². The van der Waals surface area contributed by atoms with Gasteiger partial charge in [0.1, 0.15) is 12.7 Å². The Bertz CT molecular complexity index is 1240. The highest BCUT2D eigenvalue weighted by Gasteiger charge is 2.31. The van der Waals surface area contributed by atoms with Crippen molar-refractivity contribution >= 4 is 22.4 Å². The van der Waals surface area contributed by atoms with Gasteiger partial charge in [-0.15, -0.1) is 0 Å². The summed E-state index contributed by atoms with van der Waals surface area (Å²) >= 11 is 0. The Morgan fingerprint density at radius 1 is 1.06 bits per heavy atom. The van der Waals surface area contributed by atoms with Crippen LogP contribution in [0.1, 0.15) is 24.1 Å². The minimum atomic E-state index is -4.54. The molecule has 1 heterocycles. The molecule has 1 amide bonds. The van der Waals surface area contributed by atoms with Crippen molar-refractivity contribution in [1.29, 1.82) is 0 Å². The average molecular weight is 439 g/mol. The van der Waals surface area contributed by atoms with Crippen LogP contribution in [0.4, 0.5) is 18.9 Å². The fraction of sp³-hybridized carbons (Fsp3) is 0.174. The molecule has 32 heavy (non-hydrogen) atoms. The summed E-state index contributed by atoms with van der Waals surface area (Å²) < 4.78 is 40.8. The number of carbonyl (C=O) groups excluding carboxylic acids is 1. The first kappa shape index (κ1) is 21.5. The average Bonchev–Trinajstić information content (AvgIpc) is 3.31. The fourth-order valence-corrected chi connectivity index (χ4v) is 3.38. The van der Waals surface area contributed by atoms with Crippen molar-refractivity contribution in [3.05, 3.63) is 84.4 Å². The third kappa shape index (κ3) is 4.78. The van der Waals surface area contributed by atoms with Gasteiger partial charge in [0.25, 0.3) is 0 Å². The highest BCUT2D eigenvalue weighted by molar-refractivity contribution is 5.94. The summed E-state index contributed by atoms with van der Waals surface area (Å²) in [6.45, 7) is 1.84. The van der Waals surface area contributed by atoms with E-state index in [0.717, 1.165) is 28.5 Å². The Labute approximate surface area is 182 Å². The van der Waals surface area contributed by atoms with Gasteiger partial charge in [0.05, 0.1) is 23.5 Å². The Balaban J connectivity index is 1.48. The molecule has 0 aliphatic heterocycles. The molecular formula is C23H20F3N5O. The molecule has 1 aromatic heterocycles. The summed E-state index contributed by atoms with van der Waals surface area (Å²) in [6.07, 6.45) is -1.93. The number of alkyl halides is 3. The third-order valence-electron chi connectivity index (χ3n) is 5.11. The standard InChI is InChI=1S/C23H20F3N5O/c1-15(17-7-6-16-4-2-3-5-18(16)10-17)28-12-22(32)30-20-11-19(23(24,25)26)8-9-21(20)31-14-27-13-29-31/h2-11,13-15,28H,12H2,1H3,(H,30,32)/t15-/m1/s1. The second kappa shape index (κ2) is 8.80. The first-order valence-corrected chi connectivity index (χ1v) is 9.89. The van der Waals surface area contributed by atoms with Crippen molar-refractivity contribution in [2.75, 3.05) is 11.9 Å². The molecule has 0 aliphatic carbocycles. The maximum Gasteiger partial charge on any atom is 0.416 e. The molecular weight excluding hydrogens is 419 g/mol. The summed E-state index contributed by atoms with van der Waals surface area (Å²) in [4.78, 5) is 16.4. The quantitative estimate of drug-likeness (QED) is 0.456. The van der Waals surface area contributed by atoms with Crippen LogP contribution in [0.15, 0.2) is 73.3 Å². The van der Waals surface area contributed by atoms with Crippen LogP contribution in [0.25, 0.3) is 16.5 Å². The first-order chi connectivity index (χ1) is 15.3. The van der Waals surface area contributed by atoms with Crippen LogP contribution in [0.5, 0.6) is 0 Å². The van der Waals surface area contributed by atoms with Crippen LogP contribution in [0.2, 0.25) is 0 Å². The van der Waals surface area contributed by atoms with Crippen LogP contribution in [0, 0.1) is 0 Å². The number of benzene rings is 3. The largest absolute Gasteiger partial charge is 0.416 e. The number of amides is 1. The van der Waals surface area contributed by atoms with E-state index in [1.165, 1.54) is 23.4 Å². The zero-order chi connectivity index (χ0) is 22.7. The smallest absolute Gasteiger partial charge is 0.323 e. The van der Waals surface area contributed by atoms with Crippen molar-refractivity contribution < 1.29 is 18.0 Å². The van der Waals surface area contributed by atoms with E-state index in [1.54, 1.807) is 0 Å². The summed E-state index contributed by atoms with van der Waals surface area (Å²) in [7, 11) is 0. The minimum absolute atomic E-state index is 0.00418. The Kier molecular flexibility index (Phi) is 5.91. The molecule has 0 radical (unpaired) electrons. The van der Waals surface area contributed by atoms with Crippen LogP contribution in [0.3, 0.4) is 0 Å². The van der Waals surface area contributed by atoms with Gasteiger partial charge in [-0.05, 0) is 47.5 Å². The SMILES string of the molecule is C[C@@H](NCC(=O)Nc1cc(C(F)(F)F)ccc1-n1cncn1)c1ccc2ccccc2c1. The Morgan fingerprint density at radius 3 is 2.56 bits per heavy atom. The number of anilines is 1. The van der Waals surface area contributed by atoms with Crippen molar-refractivity contribution in [3.8, 4) is 5.69 Å².